The van der Waals surface area contributed by atoms with Gasteiger partial charge in [-0.25, -0.2) is 4.98 Å². The van der Waals surface area contributed by atoms with E-state index in [2.05, 4.69) is 9.97 Å². The fraction of sp³-hybridized carbons (Fsp3) is 0.429. The molecule has 0 aliphatic rings. The van der Waals surface area contributed by atoms with Gasteiger partial charge in [0.25, 0.3) is 0 Å². The van der Waals surface area contributed by atoms with E-state index in [9.17, 15) is 0 Å². The summed E-state index contributed by atoms with van der Waals surface area (Å²) in [4.78, 5) is 8.02. The first kappa shape index (κ1) is 9.28. The quantitative estimate of drug-likeness (QED) is 0.550. The van der Waals surface area contributed by atoms with Crippen molar-refractivity contribution in [2.45, 2.75) is 5.16 Å². The van der Waals surface area contributed by atoms with Crippen LogP contribution in [0.3, 0.4) is 0 Å². The molecule has 0 unspecified atom stereocenters. The smallest absolute Gasteiger partial charge is 0.217 e. The van der Waals surface area contributed by atoms with E-state index >= 15 is 0 Å². The SMILES string of the molecule is CSc1nccc(OCCO)n1. The summed E-state index contributed by atoms with van der Waals surface area (Å²) in [5.74, 6) is 0.503. The number of hydrogen-bond donors (Lipinski definition) is 1. The lowest BCUT2D eigenvalue weighted by Crippen LogP contribution is -2.03. The molecule has 0 saturated carbocycles. The van der Waals surface area contributed by atoms with Crippen LogP contribution in [0.4, 0.5) is 0 Å². The highest BCUT2D eigenvalue weighted by Crippen LogP contribution is 2.11. The molecule has 0 amide bonds. The lowest BCUT2D eigenvalue weighted by atomic mass is 10.6. The molecule has 1 aromatic rings. The van der Waals surface area contributed by atoms with Crippen molar-refractivity contribution in [2.24, 2.45) is 0 Å². The molecule has 66 valence electrons. The van der Waals surface area contributed by atoms with Crippen molar-refractivity contribution in [3.63, 3.8) is 0 Å². The summed E-state index contributed by atoms with van der Waals surface area (Å²) < 4.78 is 5.08. The van der Waals surface area contributed by atoms with Crippen LogP contribution < -0.4 is 4.74 Å². The van der Waals surface area contributed by atoms with E-state index < -0.39 is 0 Å². The normalized spacial score (nSPS) is 9.83. The van der Waals surface area contributed by atoms with Crippen LogP contribution in [0.5, 0.6) is 5.88 Å². The zero-order valence-electron chi connectivity index (χ0n) is 6.73. The van der Waals surface area contributed by atoms with Crippen molar-refractivity contribution in [3.05, 3.63) is 12.3 Å². The summed E-state index contributed by atoms with van der Waals surface area (Å²) in [6.07, 6.45) is 3.52. The summed E-state index contributed by atoms with van der Waals surface area (Å²) in [7, 11) is 0. The van der Waals surface area contributed by atoms with Gasteiger partial charge in [-0.3, -0.25) is 0 Å². The minimum atomic E-state index is -0.00138. The fourth-order valence-electron chi connectivity index (χ4n) is 0.654. The minimum absolute atomic E-state index is 0.00138. The second-order valence-corrected chi connectivity index (χ2v) is 2.73. The molecule has 5 heteroatoms. The lowest BCUT2D eigenvalue weighted by molar-refractivity contribution is 0.195. The molecule has 1 rings (SSSR count). The van der Waals surface area contributed by atoms with Crippen LogP contribution >= 0.6 is 11.8 Å². The van der Waals surface area contributed by atoms with Crippen LogP contribution in [0.25, 0.3) is 0 Å². The molecule has 1 N–H and O–H groups in total. The van der Waals surface area contributed by atoms with E-state index in [-0.39, 0.29) is 13.2 Å². The first-order valence-corrected chi connectivity index (χ1v) is 4.70. The monoisotopic (exact) mass is 186 g/mol. The molecule has 0 aliphatic heterocycles. The highest BCUT2D eigenvalue weighted by Gasteiger charge is 1.97. The Morgan fingerprint density at radius 3 is 3.17 bits per heavy atom. The van der Waals surface area contributed by atoms with Gasteiger partial charge in [0, 0.05) is 12.3 Å². The third-order valence-electron chi connectivity index (χ3n) is 1.13. The second-order valence-electron chi connectivity index (χ2n) is 1.95. The average Bonchev–Trinajstić information content (AvgIpc) is 2.15. The first-order chi connectivity index (χ1) is 5.86. The Morgan fingerprint density at radius 1 is 1.67 bits per heavy atom. The molecule has 0 radical (unpaired) electrons. The van der Waals surface area contributed by atoms with Crippen molar-refractivity contribution in [1.29, 1.82) is 0 Å². The Kier molecular flexibility index (Phi) is 3.83. The van der Waals surface area contributed by atoms with Gasteiger partial charge in [0.2, 0.25) is 5.88 Å². The Hall–Kier alpha value is -0.810. The number of hydrogen-bond acceptors (Lipinski definition) is 5. The molecule has 1 heterocycles. The Bertz CT molecular complexity index is 245. The number of aromatic nitrogens is 2. The molecule has 0 fully saturated rings. The zero-order chi connectivity index (χ0) is 8.81. The van der Waals surface area contributed by atoms with Crippen LogP contribution in [-0.4, -0.2) is 34.5 Å². The van der Waals surface area contributed by atoms with E-state index in [1.54, 1.807) is 12.3 Å². The molecule has 0 spiro atoms. The summed E-state index contributed by atoms with van der Waals surface area (Å²) in [6.45, 7) is 0.267. The van der Waals surface area contributed by atoms with Gasteiger partial charge in [-0.05, 0) is 6.26 Å². The maximum absolute atomic E-state index is 8.48. The van der Waals surface area contributed by atoms with Gasteiger partial charge in [-0.1, -0.05) is 11.8 Å². The van der Waals surface area contributed by atoms with Gasteiger partial charge in [-0.15, -0.1) is 0 Å². The molecule has 1 aromatic heterocycles. The number of thioether (sulfide) groups is 1. The van der Waals surface area contributed by atoms with E-state index in [0.29, 0.717) is 11.0 Å². The molecular weight excluding hydrogens is 176 g/mol. The number of ether oxygens (including phenoxy) is 1. The molecule has 12 heavy (non-hydrogen) atoms. The van der Waals surface area contributed by atoms with E-state index in [4.69, 9.17) is 9.84 Å². The molecular formula is C7H10N2O2S. The van der Waals surface area contributed by atoms with Crippen LogP contribution in [0.1, 0.15) is 0 Å². The molecule has 0 bridgehead atoms. The molecule has 0 saturated heterocycles. The summed E-state index contributed by atoms with van der Waals surface area (Å²) >= 11 is 1.45. The highest BCUT2D eigenvalue weighted by atomic mass is 32.2. The molecule has 4 nitrogen and oxygen atoms in total. The summed E-state index contributed by atoms with van der Waals surface area (Å²) in [5.41, 5.74) is 0. The molecule has 0 aliphatic carbocycles. The summed E-state index contributed by atoms with van der Waals surface area (Å²) in [6, 6.07) is 1.66. The Morgan fingerprint density at radius 2 is 2.50 bits per heavy atom. The number of aliphatic hydroxyl groups excluding tert-OH is 1. The van der Waals surface area contributed by atoms with E-state index in [1.165, 1.54) is 11.8 Å². The van der Waals surface area contributed by atoms with Gasteiger partial charge < -0.3 is 9.84 Å². The predicted octanol–water partition coefficient (Wildman–Crippen LogP) is 0.570. The standard InChI is InChI=1S/C7H10N2O2S/c1-12-7-8-3-2-6(9-7)11-5-4-10/h2-3,10H,4-5H2,1H3. The van der Waals surface area contributed by atoms with Crippen LogP contribution in [0.15, 0.2) is 17.4 Å². The van der Waals surface area contributed by atoms with Gasteiger partial charge >= 0.3 is 0 Å². The van der Waals surface area contributed by atoms with Crippen molar-refractivity contribution in [3.8, 4) is 5.88 Å². The average molecular weight is 186 g/mol. The first-order valence-electron chi connectivity index (χ1n) is 3.47. The Labute approximate surface area is 75.0 Å². The minimum Gasteiger partial charge on any atom is -0.475 e. The highest BCUT2D eigenvalue weighted by molar-refractivity contribution is 7.98. The maximum Gasteiger partial charge on any atom is 0.217 e. The van der Waals surface area contributed by atoms with Crippen LogP contribution in [-0.2, 0) is 0 Å². The topological polar surface area (TPSA) is 55.2 Å². The van der Waals surface area contributed by atoms with E-state index in [0.717, 1.165) is 0 Å². The second kappa shape index (κ2) is 4.95. The molecule has 0 atom stereocenters. The maximum atomic E-state index is 8.48. The lowest BCUT2D eigenvalue weighted by Gasteiger charge is -2.02. The van der Waals surface area contributed by atoms with Crippen molar-refractivity contribution >= 4 is 11.8 Å². The number of nitrogens with zero attached hydrogens (tertiary/aromatic N) is 2. The van der Waals surface area contributed by atoms with Crippen LogP contribution in [0, 0.1) is 0 Å². The van der Waals surface area contributed by atoms with Gasteiger partial charge in [-0.2, -0.15) is 4.98 Å². The van der Waals surface area contributed by atoms with E-state index in [1.807, 2.05) is 6.26 Å². The predicted molar refractivity (Wildman–Crippen MR) is 46.4 cm³/mol. The summed E-state index contributed by atoms with van der Waals surface area (Å²) in [5, 5.41) is 9.15. The fourth-order valence-corrected chi connectivity index (χ4v) is 1.00. The molecule has 0 aromatic carbocycles. The Balaban J connectivity index is 2.60. The van der Waals surface area contributed by atoms with Crippen LogP contribution in [0.2, 0.25) is 0 Å². The van der Waals surface area contributed by atoms with Gasteiger partial charge in [0.05, 0.1) is 6.61 Å². The number of rotatable bonds is 4. The van der Waals surface area contributed by atoms with Crippen molar-refractivity contribution in [2.75, 3.05) is 19.5 Å². The largest absolute Gasteiger partial charge is 0.475 e. The zero-order valence-corrected chi connectivity index (χ0v) is 7.54. The third kappa shape index (κ3) is 2.67. The van der Waals surface area contributed by atoms with Gasteiger partial charge in [0.15, 0.2) is 5.16 Å². The number of aliphatic hydroxyl groups is 1. The third-order valence-corrected chi connectivity index (χ3v) is 1.69. The van der Waals surface area contributed by atoms with Crippen molar-refractivity contribution < 1.29 is 9.84 Å². The van der Waals surface area contributed by atoms with Gasteiger partial charge in [0.1, 0.15) is 6.61 Å². The van der Waals surface area contributed by atoms with Crippen molar-refractivity contribution in [1.82, 2.24) is 9.97 Å².